The highest BCUT2D eigenvalue weighted by Crippen LogP contribution is 2.35. The minimum Gasteiger partial charge on any atom is -0.472 e. The van der Waals surface area contributed by atoms with Gasteiger partial charge in [0, 0.05) is 19.8 Å². The van der Waals surface area contributed by atoms with Gasteiger partial charge in [-0.15, -0.1) is 0 Å². The number of halogens is 2. The largest absolute Gasteiger partial charge is 0.472 e. The average Bonchev–Trinajstić information content (AvgIpc) is 3.36. The van der Waals surface area contributed by atoms with Crippen LogP contribution >= 0.6 is 15.9 Å². The Kier molecular flexibility index (Phi) is 8.31. The summed E-state index contributed by atoms with van der Waals surface area (Å²) in [7, 11) is 1.86. The van der Waals surface area contributed by atoms with Crippen LogP contribution in [0.15, 0.2) is 34.5 Å². The van der Waals surface area contributed by atoms with Crippen molar-refractivity contribution in [3.8, 4) is 5.88 Å². The molecule has 0 saturated heterocycles. The third kappa shape index (κ3) is 5.65. The van der Waals surface area contributed by atoms with E-state index in [1.807, 2.05) is 57.9 Å². The second-order valence-electron chi connectivity index (χ2n) is 5.11. The van der Waals surface area contributed by atoms with Gasteiger partial charge >= 0.3 is 0 Å². The van der Waals surface area contributed by atoms with Crippen LogP contribution in [0.5, 0.6) is 5.88 Å². The second kappa shape index (κ2) is 9.71. The first-order valence-corrected chi connectivity index (χ1v) is 8.85. The quantitative estimate of drug-likeness (QED) is 0.604. The van der Waals surface area contributed by atoms with Crippen LogP contribution in [0, 0.1) is 5.82 Å². The maximum absolute atomic E-state index is 14.6. The Labute approximate surface area is 147 Å². The van der Waals surface area contributed by atoms with Gasteiger partial charge in [0.15, 0.2) is 0 Å². The molecule has 1 aliphatic rings. The molecule has 1 aromatic rings. The number of nitrogens with zero attached hydrogens (tertiary/aromatic N) is 2. The van der Waals surface area contributed by atoms with Crippen LogP contribution in [0.3, 0.4) is 0 Å². The van der Waals surface area contributed by atoms with Crippen molar-refractivity contribution < 1.29 is 9.13 Å². The summed E-state index contributed by atoms with van der Waals surface area (Å²) < 4.78 is 20.8. The normalized spacial score (nSPS) is 14.5. The van der Waals surface area contributed by atoms with E-state index in [4.69, 9.17) is 4.74 Å². The van der Waals surface area contributed by atoms with E-state index in [2.05, 4.69) is 20.9 Å². The summed E-state index contributed by atoms with van der Waals surface area (Å²) in [4.78, 5) is 5.89. The van der Waals surface area contributed by atoms with Gasteiger partial charge in [0.1, 0.15) is 6.10 Å². The molecule has 0 amide bonds. The maximum Gasteiger partial charge on any atom is 0.252 e. The number of allylic oxidation sites excluding steroid dienone is 2. The Morgan fingerprint density at radius 1 is 1.43 bits per heavy atom. The van der Waals surface area contributed by atoms with E-state index in [1.54, 1.807) is 6.20 Å². The van der Waals surface area contributed by atoms with E-state index in [0.29, 0.717) is 16.7 Å². The van der Waals surface area contributed by atoms with Gasteiger partial charge in [-0.2, -0.15) is 4.39 Å². The van der Waals surface area contributed by atoms with E-state index in [-0.39, 0.29) is 12.0 Å². The molecule has 0 N–H and O–H groups in total. The first-order valence-electron chi connectivity index (χ1n) is 8.06. The van der Waals surface area contributed by atoms with E-state index >= 15 is 0 Å². The molecule has 23 heavy (non-hydrogen) atoms. The van der Waals surface area contributed by atoms with Crippen molar-refractivity contribution in [2.75, 3.05) is 18.5 Å². The molecule has 5 heteroatoms. The molecule has 1 heterocycles. The highest BCUT2D eigenvalue weighted by Gasteiger charge is 2.27. The van der Waals surface area contributed by atoms with Gasteiger partial charge in [0.2, 0.25) is 5.82 Å². The van der Waals surface area contributed by atoms with Crippen molar-refractivity contribution in [3.63, 3.8) is 0 Å². The molecule has 1 fully saturated rings. The van der Waals surface area contributed by atoms with Gasteiger partial charge < -0.3 is 9.64 Å². The lowest BCUT2D eigenvalue weighted by atomic mass is 10.2. The Hall–Kier alpha value is -1.36. The summed E-state index contributed by atoms with van der Waals surface area (Å²) in [5.41, 5.74) is 1.59. The molecule has 128 valence electrons. The summed E-state index contributed by atoms with van der Waals surface area (Å²) in [6.45, 7) is 8.56. The Balaban J connectivity index is 0.00000127. The minimum absolute atomic E-state index is 0.0932. The molecule has 0 radical (unpaired) electrons. The number of aromatic nitrogens is 1. The van der Waals surface area contributed by atoms with Gasteiger partial charge in [-0.05, 0) is 48.2 Å². The van der Waals surface area contributed by atoms with Gasteiger partial charge in [-0.3, -0.25) is 0 Å². The van der Waals surface area contributed by atoms with Crippen LogP contribution in [0.25, 0.3) is 0 Å². The van der Waals surface area contributed by atoms with Crippen LogP contribution < -0.4 is 9.64 Å². The fourth-order valence-electron chi connectivity index (χ4n) is 2.02. The molecule has 1 saturated carbocycles. The average molecular weight is 385 g/mol. The smallest absolute Gasteiger partial charge is 0.252 e. The summed E-state index contributed by atoms with van der Waals surface area (Å²) in [6.07, 6.45) is 9.69. The number of hydrogen-bond donors (Lipinski definition) is 0. The molecule has 0 spiro atoms. The SMILES string of the molecule is C/C=C\C(=C/C)CN(C)c1c(Br)cnc(OC2CC2)c1F.CC. The number of hydrogen-bond acceptors (Lipinski definition) is 3. The third-order valence-electron chi connectivity index (χ3n) is 3.27. The molecule has 2 rings (SSSR count). The highest BCUT2D eigenvalue weighted by atomic mass is 79.9. The fraction of sp³-hybridized carbons (Fsp3) is 0.500. The number of ether oxygens (including phenoxy) is 1. The van der Waals surface area contributed by atoms with Crippen molar-refractivity contribution >= 4 is 21.6 Å². The fourth-order valence-corrected chi connectivity index (χ4v) is 2.60. The minimum atomic E-state index is -0.408. The zero-order valence-electron chi connectivity index (χ0n) is 14.6. The van der Waals surface area contributed by atoms with E-state index < -0.39 is 5.82 Å². The maximum atomic E-state index is 14.6. The molecular formula is C18H26BrFN2O. The van der Waals surface area contributed by atoms with Crippen molar-refractivity contribution in [3.05, 3.63) is 40.3 Å². The zero-order valence-corrected chi connectivity index (χ0v) is 16.2. The molecule has 0 aromatic carbocycles. The molecule has 1 aliphatic carbocycles. The molecule has 3 nitrogen and oxygen atoms in total. The number of anilines is 1. The molecule has 1 aromatic heterocycles. The van der Waals surface area contributed by atoms with Crippen molar-refractivity contribution in [2.45, 2.75) is 46.6 Å². The number of rotatable bonds is 6. The Morgan fingerprint density at radius 2 is 2.09 bits per heavy atom. The summed E-state index contributed by atoms with van der Waals surface area (Å²) >= 11 is 3.38. The lowest BCUT2D eigenvalue weighted by Crippen LogP contribution is -2.22. The Morgan fingerprint density at radius 3 is 2.61 bits per heavy atom. The van der Waals surface area contributed by atoms with Gasteiger partial charge in [-0.25, -0.2) is 4.98 Å². The lowest BCUT2D eigenvalue weighted by Gasteiger charge is -2.22. The van der Waals surface area contributed by atoms with Crippen LogP contribution in [0.4, 0.5) is 10.1 Å². The second-order valence-corrected chi connectivity index (χ2v) is 5.97. The van der Waals surface area contributed by atoms with Gasteiger partial charge in [-0.1, -0.05) is 32.1 Å². The van der Waals surface area contributed by atoms with E-state index in [1.165, 1.54) is 0 Å². The van der Waals surface area contributed by atoms with Crippen LogP contribution in [0.1, 0.15) is 40.5 Å². The lowest BCUT2D eigenvalue weighted by molar-refractivity contribution is 0.275. The standard InChI is InChI=1S/C16H20BrFN2O.C2H6/c1-4-6-11(5-2)10-20(3)15-13(17)9-19-16(14(15)18)21-12-7-8-12;1-2/h4-6,9,12H,7-8,10H2,1-3H3;1-2H3/b6-4-,11-5+;. The summed E-state index contributed by atoms with van der Waals surface area (Å²) in [5, 5.41) is 0. The first kappa shape index (κ1) is 19.7. The molecule has 0 bridgehead atoms. The zero-order chi connectivity index (χ0) is 17.4. The topological polar surface area (TPSA) is 25.4 Å². The van der Waals surface area contributed by atoms with Crippen LogP contribution in [-0.4, -0.2) is 24.7 Å². The third-order valence-corrected chi connectivity index (χ3v) is 3.85. The predicted octanol–water partition coefficient (Wildman–Crippen LogP) is 5.51. The first-order chi connectivity index (χ1) is 11.1. The summed E-state index contributed by atoms with van der Waals surface area (Å²) in [6, 6.07) is 0. The molecule has 0 atom stereocenters. The van der Waals surface area contributed by atoms with E-state index in [0.717, 1.165) is 18.4 Å². The molecule has 0 unspecified atom stereocenters. The van der Waals surface area contributed by atoms with Gasteiger partial charge in [0.25, 0.3) is 5.88 Å². The van der Waals surface area contributed by atoms with Crippen molar-refractivity contribution in [1.29, 1.82) is 0 Å². The molecule has 0 aliphatic heterocycles. The van der Waals surface area contributed by atoms with Crippen LogP contribution in [0.2, 0.25) is 0 Å². The highest BCUT2D eigenvalue weighted by molar-refractivity contribution is 9.10. The van der Waals surface area contributed by atoms with Crippen molar-refractivity contribution in [1.82, 2.24) is 4.98 Å². The monoisotopic (exact) mass is 384 g/mol. The van der Waals surface area contributed by atoms with E-state index in [9.17, 15) is 4.39 Å². The molecular weight excluding hydrogens is 359 g/mol. The summed E-state index contributed by atoms with van der Waals surface area (Å²) in [5.74, 6) is -0.315. The van der Waals surface area contributed by atoms with Crippen LogP contribution in [-0.2, 0) is 0 Å². The number of likely N-dealkylation sites (N-methyl/N-ethyl adjacent to an activating group) is 1. The van der Waals surface area contributed by atoms with Gasteiger partial charge in [0.05, 0.1) is 10.2 Å². The van der Waals surface area contributed by atoms with Crippen molar-refractivity contribution in [2.24, 2.45) is 0 Å². The number of pyridine rings is 1. The Bertz CT molecular complexity index is 568. The predicted molar refractivity (Wildman–Crippen MR) is 98.7 cm³/mol.